The third-order valence-corrected chi connectivity index (χ3v) is 4.76. The molecule has 1 aromatic carbocycles. The van der Waals surface area contributed by atoms with Gasteiger partial charge in [0.05, 0.1) is 0 Å². The van der Waals surface area contributed by atoms with Crippen molar-refractivity contribution in [1.29, 1.82) is 0 Å². The molecule has 3 heteroatoms. The molecule has 1 nitrogen and oxygen atoms in total. The third-order valence-electron chi connectivity index (χ3n) is 2.79. The highest BCUT2D eigenvalue weighted by Crippen LogP contribution is 2.23. The highest BCUT2D eigenvalue weighted by molar-refractivity contribution is 14.1. The van der Waals surface area contributed by atoms with Crippen LogP contribution in [0.5, 0.6) is 0 Å². The predicted molar refractivity (Wildman–Crippen MR) is 83.5 cm³/mol. The number of nitrogens with two attached hydrogens (primary N) is 1. The van der Waals surface area contributed by atoms with Crippen LogP contribution in [0.4, 0.5) is 0 Å². The van der Waals surface area contributed by atoms with Crippen molar-refractivity contribution in [3.8, 4) is 0 Å². The summed E-state index contributed by atoms with van der Waals surface area (Å²) in [5.74, 6) is 0. The van der Waals surface area contributed by atoms with Gasteiger partial charge in [-0.05, 0) is 58.8 Å². The van der Waals surface area contributed by atoms with Crippen molar-refractivity contribution in [3.63, 3.8) is 0 Å². The van der Waals surface area contributed by atoms with E-state index in [0.29, 0.717) is 0 Å². The Morgan fingerprint density at radius 1 is 1.12 bits per heavy atom. The largest absolute Gasteiger partial charge is 0.324 e. The molecule has 2 aromatic rings. The summed E-state index contributed by atoms with van der Waals surface area (Å²) in [6.45, 7) is 2.19. The number of aryl methyl sites for hydroxylation is 1. The molecule has 0 radical (unpaired) electrons. The lowest BCUT2D eigenvalue weighted by Crippen LogP contribution is -2.12. The summed E-state index contributed by atoms with van der Waals surface area (Å²) in [6.07, 6.45) is 2.05. The maximum absolute atomic E-state index is 6.23. The molecule has 2 rings (SSSR count). The molecule has 90 valence electrons. The van der Waals surface area contributed by atoms with Crippen molar-refractivity contribution >= 4 is 33.9 Å². The highest BCUT2D eigenvalue weighted by Gasteiger charge is 2.08. The Kier molecular flexibility index (Phi) is 4.59. The zero-order chi connectivity index (χ0) is 12.3. The van der Waals surface area contributed by atoms with Gasteiger partial charge in [-0.15, -0.1) is 11.3 Å². The quantitative estimate of drug-likeness (QED) is 0.817. The fraction of sp³-hybridized carbons (Fsp3) is 0.286. The summed E-state index contributed by atoms with van der Waals surface area (Å²) in [5, 5.41) is 0. The molecule has 0 spiro atoms. The molecule has 0 bridgehead atoms. The molecule has 0 saturated heterocycles. The Hall–Kier alpha value is -0.390. The van der Waals surface area contributed by atoms with Gasteiger partial charge in [0.25, 0.3) is 0 Å². The summed E-state index contributed by atoms with van der Waals surface area (Å²) in [6, 6.07) is 13.0. The van der Waals surface area contributed by atoms with E-state index >= 15 is 0 Å². The second kappa shape index (κ2) is 5.98. The first-order valence-electron chi connectivity index (χ1n) is 5.77. The van der Waals surface area contributed by atoms with Gasteiger partial charge < -0.3 is 5.73 Å². The Labute approximate surface area is 120 Å². The minimum atomic E-state index is 0.107. The summed E-state index contributed by atoms with van der Waals surface area (Å²) in [4.78, 5) is 2.82. The molecule has 1 heterocycles. The van der Waals surface area contributed by atoms with Gasteiger partial charge in [-0.2, -0.15) is 0 Å². The van der Waals surface area contributed by atoms with Gasteiger partial charge in [-0.25, -0.2) is 0 Å². The Morgan fingerprint density at radius 3 is 2.35 bits per heavy atom. The zero-order valence-corrected chi connectivity index (χ0v) is 12.8. The van der Waals surface area contributed by atoms with Crippen molar-refractivity contribution in [2.24, 2.45) is 5.73 Å². The molecule has 1 atom stereocenters. The van der Waals surface area contributed by atoms with Gasteiger partial charge in [-0.1, -0.05) is 19.1 Å². The van der Waals surface area contributed by atoms with Crippen molar-refractivity contribution in [2.75, 3.05) is 0 Å². The van der Waals surface area contributed by atoms with Crippen molar-refractivity contribution in [3.05, 3.63) is 55.3 Å². The van der Waals surface area contributed by atoms with E-state index in [-0.39, 0.29) is 6.04 Å². The van der Waals surface area contributed by atoms with E-state index in [2.05, 4.69) is 65.9 Å². The van der Waals surface area contributed by atoms with Gasteiger partial charge in [-0.3, -0.25) is 0 Å². The summed E-state index contributed by atoms with van der Waals surface area (Å²) in [7, 11) is 0. The Balaban J connectivity index is 2.05. The molecular formula is C14H16INS. The van der Waals surface area contributed by atoms with Crippen LogP contribution in [0, 0.1) is 3.57 Å². The number of hydrogen-bond acceptors (Lipinski definition) is 2. The fourth-order valence-electron chi connectivity index (χ4n) is 1.77. The molecule has 0 saturated carbocycles. The molecule has 0 aliphatic rings. The van der Waals surface area contributed by atoms with Crippen LogP contribution in [0.1, 0.15) is 28.3 Å². The summed E-state index contributed by atoms with van der Waals surface area (Å²) < 4.78 is 1.25. The van der Waals surface area contributed by atoms with E-state index < -0.39 is 0 Å². The second-order valence-corrected chi connectivity index (χ2v) is 6.58. The van der Waals surface area contributed by atoms with E-state index in [1.165, 1.54) is 18.9 Å². The van der Waals surface area contributed by atoms with Gasteiger partial charge in [0.15, 0.2) is 0 Å². The standard InChI is InChI=1S/C14H16INS/c1-2-12-7-8-13(17-12)9-14(16)10-3-5-11(15)6-4-10/h3-8,14H,2,9,16H2,1H3. The van der Waals surface area contributed by atoms with Crippen LogP contribution in [-0.2, 0) is 12.8 Å². The van der Waals surface area contributed by atoms with Crippen LogP contribution in [-0.4, -0.2) is 0 Å². The first-order valence-corrected chi connectivity index (χ1v) is 7.67. The van der Waals surface area contributed by atoms with Crippen molar-refractivity contribution in [2.45, 2.75) is 25.8 Å². The van der Waals surface area contributed by atoms with Gasteiger partial charge in [0.1, 0.15) is 0 Å². The Morgan fingerprint density at radius 2 is 1.76 bits per heavy atom. The first-order chi connectivity index (χ1) is 8.19. The second-order valence-electron chi connectivity index (χ2n) is 4.08. The lowest BCUT2D eigenvalue weighted by molar-refractivity contribution is 0.730. The average molecular weight is 357 g/mol. The zero-order valence-electron chi connectivity index (χ0n) is 9.82. The van der Waals surface area contributed by atoms with Crippen LogP contribution in [0.15, 0.2) is 36.4 Å². The first kappa shape index (κ1) is 13.1. The number of benzene rings is 1. The van der Waals surface area contributed by atoms with Gasteiger partial charge in [0, 0.05) is 25.8 Å². The third kappa shape index (κ3) is 3.53. The minimum absolute atomic E-state index is 0.107. The minimum Gasteiger partial charge on any atom is -0.324 e. The normalized spacial score (nSPS) is 12.6. The average Bonchev–Trinajstić information content (AvgIpc) is 2.77. The number of rotatable bonds is 4. The predicted octanol–water partition coefficient (Wildman–Crippen LogP) is 4.16. The monoisotopic (exact) mass is 357 g/mol. The SMILES string of the molecule is CCc1ccc(CC(N)c2ccc(I)cc2)s1. The van der Waals surface area contributed by atoms with Crippen molar-refractivity contribution < 1.29 is 0 Å². The van der Waals surface area contributed by atoms with Crippen LogP contribution in [0.3, 0.4) is 0 Å². The lowest BCUT2D eigenvalue weighted by Gasteiger charge is -2.10. The van der Waals surface area contributed by atoms with Gasteiger partial charge in [0.2, 0.25) is 0 Å². The van der Waals surface area contributed by atoms with Crippen molar-refractivity contribution in [1.82, 2.24) is 0 Å². The summed E-state index contributed by atoms with van der Waals surface area (Å²) >= 11 is 4.19. The van der Waals surface area contributed by atoms with Gasteiger partial charge >= 0.3 is 0 Å². The van der Waals surface area contributed by atoms with Crippen LogP contribution in [0.25, 0.3) is 0 Å². The highest BCUT2D eigenvalue weighted by atomic mass is 127. The van der Waals surface area contributed by atoms with E-state index in [1.54, 1.807) is 0 Å². The molecule has 0 amide bonds. The Bertz CT molecular complexity index is 475. The molecule has 0 aliphatic heterocycles. The van der Waals surface area contributed by atoms with Crippen LogP contribution >= 0.6 is 33.9 Å². The maximum atomic E-state index is 6.23. The van der Waals surface area contributed by atoms with E-state index in [1.807, 2.05) is 11.3 Å². The van der Waals surface area contributed by atoms with E-state index in [0.717, 1.165) is 12.8 Å². The van der Waals surface area contributed by atoms with E-state index in [9.17, 15) is 0 Å². The topological polar surface area (TPSA) is 26.0 Å². The molecule has 1 aromatic heterocycles. The lowest BCUT2D eigenvalue weighted by atomic mass is 10.0. The number of hydrogen-bond donors (Lipinski definition) is 1. The smallest absolute Gasteiger partial charge is 0.0343 e. The molecule has 0 fully saturated rings. The molecule has 17 heavy (non-hydrogen) atoms. The molecular weight excluding hydrogens is 341 g/mol. The summed E-state index contributed by atoms with van der Waals surface area (Å²) in [5.41, 5.74) is 7.45. The number of thiophene rings is 1. The molecule has 0 aliphatic carbocycles. The fourth-order valence-corrected chi connectivity index (χ4v) is 3.14. The van der Waals surface area contributed by atoms with E-state index in [4.69, 9.17) is 5.73 Å². The maximum Gasteiger partial charge on any atom is 0.0343 e. The molecule has 2 N–H and O–H groups in total. The van der Waals surface area contributed by atoms with Crippen LogP contribution < -0.4 is 5.73 Å². The molecule has 1 unspecified atom stereocenters. The van der Waals surface area contributed by atoms with Crippen LogP contribution in [0.2, 0.25) is 0 Å². The number of halogens is 1.